The molecule has 2 aromatic rings. The Morgan fingerprint density at radius 3 is 2.76 bits per heavy atom. The fourth-order valence-corrected chi connectivity index (χ4v) is 1.95. The van der Waals surface area contributed by atoms with Gasteiger partial charge in [0.1, 0.15) is 11.4 Å². The minimum atomic E-state index is -0.460. The Kier molecular flexibility index (Phi) is 4.77. The number of H-pyrrole nitrogens is 1. The Balaban J connectivity index is 2.08. The summed E-state index contributed by atoms with van der Waals surface area (Å²) in [4.78, 5) is 26.5. The highest BCUT2D eigenvalue weighted by Gasteiger charge is 2.14. The molecule has 0 saturated carbocycles. The number of aromatic amines is 1. The van der Waals surface area contributed by atoms with E-state index in [1.54, 1.807) is 14.0 Å². The normalized spacial score (nSPS) is 10.2. The van der Waals surface area contributed by atoms with E-state index in [0.29, 0.717) is 17.9 Å². The fourth-order valence-electron chi connectivity index (χ4n) is 1.95. The number of nitrogens with one attached hydrogen (secondary N) is 1. The number of Topliss-reactive ketones (excluding diaryl/α,β-unsaturated/α-hetero) is 1. The average molecular weight is 287 g/mol. The second-order valence-corrected chi connectivity index (χ2v) is 4.47. The van der Waals surface area contributed by atoms with Gasteiger partial charge in [-0.3, -0.25) is 4.79 Å². The van der Waals surface area contributed by atoms with E-state index in [4.69, 9.17) is 9.47 Å². The molecule has 0 unspecified atom stereocenters. The molecule has 0 radical (unpaired) electrons. The van der Waals surface area contributed by atoms with Gasteiger partial charge in [-0.15, -0.1) is 0 Å². The highest BCUT2D eigenvalue weighted by atomic mass is 16.5. The van der Waals surface area contributed by atoms with E-state index in [1.807, 2.05) is 24.3 Å². The number of rotatable bonds is 6. The summed E-state index contributed by atoms with van der Waals surface area (Å²) in [6.45, 7) is 2.03. The molecule has 110 valence electrons. The van der Waals surface area contributed by atoms with Gasteiger partial charge in [0.15, 0.2) is 5.78 Å². The molecule has 0 aliphatic carbocycles. The number of esters is 1. The predicted octanol–water partition coefficient (Wildman–Crippen LogP) is 2.63. The second kappa shape index (κ2) is 6.74. The van der Waals surface area contributed by atoms with Crippen molar-refractivity contribution in [1.82, 2.24) is 4.98 Å². The third-order valence-electron chi connectivity index (χ3n) is 3.00. The van der Waals surface area contributed by atoms with Crippen LogP contribution >= 0.6 is 0 Å². The van der Waals surface area contributed by atoms with Crippen LogP contribution in [-0.4, -0.2) is 30.5 Å². The van der Waals surface area contributed by atoms with Gasteiger partial charge >= 0.3 is 5.97 Å². The first kappa shape index (κ1) is 14.8. The summed E-state index contributed by atoms with van der Waals surface area (Å²) < 4.78 is 10.00. The molecular weight excluding hydrogens is 270 g/mol. The summed E-state index contributed by atoms with van der Waals surface area (Å²) in [5.74, 6) is 0.176. The van der Waals surface area contributed by atoms with Crippen molar-refractivity contribution in [3.05, 3.63) is 53.3 Å². The third kappa shape index (κ3) is 3.72. The maximum absolute atomic E-state index is 12.2. The molecule has 0 amide bonds. The van der Waals surface area contributed by atoms with E-state index >= 15 is 0 Å². The van der Waals surface area contributed by atoms with Gasteiger partial charge in [0.05, 0.1) is 13.7 Å². The first-order valence-corrected chi connectivity index (χ1v) is 6.65. The lowest BCUT2D eigenvalue weighted by molar-refractivity contribution is 0.0520. The van der Waals surface area contributed by atoms with E-state index < -0.39 is 5.97 Å². The summed E-state index contributed by atoms with van der Waals surface area (Å²) in [6, 6.07) is 8.85. The van der Waals surface area contributed by atoms with Gasteiger partial charge in [0.2, 0.25) is 0 Å². The van der Waals surface area contributed by atoms with Crippen LogP contribution in [0.1, 0.15) is 33.3 Å². The number of hydrogen-bond acceptors (Lipinski definition) is 4. The molecule has 0 spiro atoms. The summed E-state index contributed by atoms with van der Waals surface area (Å²) in [5, 5.41) is 0. The first-order valence-electron chi connectivity index (χ1n) is 6.65. The van der Waals surface area contributed by atoms with E-state index in [9.17, 15) is 9.59 Å². The topological polar surface area (TPSA) is 68.4 Å². The van der Waals surface area contributed by atoms with Crippen LogP contribution in [0.25, 0.3) is 0 Å². The van der Waals surface area contributed by atoms with Crippen LogP contribution in [0, 0.1) is 0 Å². The lowest BCUT2D eigenvalue weighted by atomic mass is 10.0. The fraction of sp³-hybridized carbons (Fsp3) is 0.250. The van der Waals surface area contributed by atoms with Gasteiger partial charge in [-0.05, 0) is 30.7 Å². The monoisotopic (exact) mass is 287 g/mol. The molecular formula is C16H17NO4. The Hall–Kier alpha value is -2.56. The predicted molar refractivity (Wildman–Crippen MR) is 77.8 cm³/mol. The van der Waals surface area contributed by atoms with Crippen molar-refractivity contribution in [3.63, 3.8) is 0 Å². The molecule has 0 atom stereocenters. The van der Waals surface area contributed by atoms with Crippen molar-refractivity contribution in [2.75, 3.05) is 13.7 Å². The third-order valence-corrected chi connectivity index (χ3v) is 3.00. The Labute approximate surface area is 122 Å². The van der Waals surface area contributed by atoms with E-state index in [2.05, 4.69) is 4.98 Å². The number of ether oxygens (including phenoxy) is 2. The molecule has 0 saturated heterocycles. The number of ketones is 1. The lowest BCUT2D eigenvalue weighted by Crippen LogP contribution is -2.05. The molecule has 0 fully saturated rings. The number of aromatic nitrogens is 1. The summed E-state index contributed by atoms with van der Waals surface area (Å²) >= 11 is 0. The summed E-state index contributed by atoms with van der Waals surface area (Å²) in [5.41, 5.74) is 1.60. The quantitative estimate of drug-likeness (QED) is 0.655. The van der Waals surface area contributed by atoms with Crippen LogP contribution in [-0.2, 0) is 11.2 Å². The second-order valence-electron chi connectivity index (χ2n) is 4.47. The first-order chi connectivity index (χ1) is 10.1. The van der Waals surface area contributed by atoms with Gasteiger partial charge in [0.25, 0.3) is 0 Å². The van der Waals surface area contributed by atoms with E-state index in [0.717, 1.165) is 5.56 Å². The van der Waals surface area contributed by atoms with Gasteiger partial charge in [-0.1, -0.05) is 12.1 Å². The van der Waals surface area contributed by atoms with Gasteiger partial charge in [0, 0.05) is 18.2 Å². The molecule has 1 aromatic carbocycles. The number of hydrogen-bond donors (Lipinski definition) is 1. The zero-order valence-electron chi connectivity index (χ0n) is 12.0. The summed E-state index contributed by atoms with van der Waals surface area (Å²) in [6.07, 6.45) is 1.77. The smallest absolute Gasteiger partial charge is 0.354 e. The molecule has 1 heterocycles. The molecule has 0 aliphatic rings. The van der Waals surface area contributed by atoms with Crippen molar-refractivity contribution in [3.8, 4) is 5.75 Å². The van der Waals surface area contributed by atoms with Crippen LogP contribution in [0.3, 0.4) is 0 Å². The SMILES string of the molecule is CCOC(=O)c1cc(C(=O)Cc2cccc(OC)c2)c[nH]1. The van der Waals surface area contributed by atoms with Crippen LogP contribution in [0.4, 0.5) is 0 Å². The minimum absolute atomic E-state index is 0.0740. The molecule has 1 aromatic heterocycles. The van der Waals surface area contributed by atoms with Gasteiger partial charge in [-0.2, -0.15) is 0 Å². The molecule has 2 rings (SSSR count). The van der Waals surface area contributed by atoms with E-state index in [1.165, 1.54) is 12.3 Å². The Bertz CT molecular complexity index is 645. The number of carbonyl (C=O) groups is 2. The van der Waals surface area contributed by atoms with E-state index in [-0.39, 0.29) is 17.9 Å². The Morgan fingerprint density at radius 2 is 2.05 bits per heavy atom. The van der Waals surface area contributed by atoms with Crippen molar-refractivity contribution < 1.29 is 19.1 Å². The Morgan fingerprint density at radius 1 is 1.24 bits per heavy atom. The van der Waals surface area contributed by atoms with Gasteiger partial charge in [-0.25, -0.2) is 4.79 Å². The molecule has 0 aliphatic heterocycles. The molecule has 21 heavy (non-hydrogen) atoms. The summed E-state index contributed by atoms with van der Waals surface area (Å²) in [7, 11) is 1.58. The van der Waals surface area contributed by atoms with Crippen LogP contribution < -0.4 is 4.74 Å². The van der Waals surface area contributed by atoms with Crippen LogP contribution in [0.15, 0.2) is 36.5 Å². The zero-order chi connectivity index (χ0) is 15.2. The van der Waals surface area contributed by atoms with Crippen LogP contribution in [0.5, 0.6) is 5.75 Å². The highest BCUT2D eigenvalue weighted by Crippen LogP contribution is 2.15. The largest absolute Gasteiger partial charge is 0.497 e. The standard InChI is InChI=1S/C16H17NO4/c1-3-21-16(19)14-9-12(10-17-14)15(18)8-11-5-4-6-13(7-11)20-2/h4-7,9-10,17H,3,8H2,1-2H3. The minimum Gasteiger partial charge on any atom is -0.497 e. The average Bonchev–Trinajstić information content (AvgIpc) is 2.98. The molecule has 0 bridgehead atoms. The zero-order valence-corrected chi connectivity index (χ0v) is 12.0. The maximum atomic E-state index is 12.2. The lowest BCUT2D eigenvalue weighted by Gasteiger charge is -2.03. The van der Waals surface area contributed by atoms with Crippen molar-refractivity contribution in [2.45, 2.75) is 13.3 Å². The number of carbonyl (C=O) groups excluding carboxylic acids is 2. The van der Waals surface area contributed by atoms with Crippen LogP contribution in [0.2, 0.25) is 0 Å². The maximum Gasteiger partial charge on any atom is 0.354 e. The highest BCUT2D eigenvalue weighted by molar-refractivity contribution is 6.00. The van der Waals surface area contributed by atoms with Crippen molar-refractivity contribution in [2.24, 2.45) is 0 Å². The van der Waals surface area contributed by atoms with Gasteiger partial charge < -0.3 is 14.5 Å². The van der Waals surface area contributed by atoms with Crippen molar-refractivity contribution in [1.29, 1.82) is 0 Å². The molecule has 1 N–H and O–H groups in total. The number of methoxy groups -OCH3 is 1. The van der Waals surface area contributed by atoms with Crippen molar-refractivity contribution >= 4 is 11.8 Å². The number of benzene rings is 1. The molecule has 5 heteroatoms. The molecule has 5 nitrogen and oxygen atoms in total.